The Morgan fingerprint density at radius 1 is 1.50 bits per heavy atom. The smallest absolute Gasteiger partial charge is 0.240 e. The summed E-state index contributed by atoms with van der Waals surface area (Å²) in [5.41, 5.74) is 0.964. The van der Waals surface area contributed by atoms with Crippen molar-refractivity contribution in [1.29, 1.82) is 0 Å². The highest BCUT2D eigenvalue weighted by Crippen LogP contribution is 2.20. The predicted octanol–water partition coefficient (Wildman–Crippen LogP) is 2.23. The molecule has 2 N–H and O–H groups in total. The first-order valence-corrected chi connectivity index (χ1v) is 7.07. The van der Waals surface area contributed by atoms with Crippen LogP contribution in [0.2, 0.25) is 5.02 Å². The Morgan fingerprint density at radius 2 is 2.40 bits per heavy atom. The third-order valence-electron chi connectivity index (χ3n) is 3.59. The molecule has 0 bridgehead atoms. The van der Waals surface area contributed by atoms with E-state index in [1.807, 2.05) is 24.3 Å². The highest BCUT2D eigenvalue weighted by atomic mass is 35.5. The molecular formula is C14H17ClN4O. The number of hydrogen-bond donors (Lipinski definition) is 2. The normalized spacial score (nSPS) is 22.3. The summed E-state index contributed by atoms with van der Waals surface area (Å²) >= 11 is 5.96. The Bertz CT molecular complexity index is 592. The van der Waals surface area contributed by atoms with Gasteiger partial charge in [0.25, 0.3) is 0 Å². The van der Waals surface area contributed by atoms with E-state index in [0.29, 0.717) is 23.3 Å². The highest BCUT2D eigenvalue weighted by molar-refractivity contribution is 6.30. The van der Waals surface area contributed by atoms with Crippen molar-refractivity contribution in [2.45, 2.75) is 25.4 Å². The third-order valence-corrected chi connectivity index (χ3v) is 3.82. The molecule has 1 atom stereocenters. The van der Waals surface area contributed by atoms with Crippen LogP contribution in [0.4, 0.5) is 0 Å². The highest BCUT2D eigenvalue weighted by Gasteiger charge is 2.28. The number of nitrogens with one attached hydrogen (secondary N) is 2. The summed E-state index contributed by atoms with van der Waals surface area (Å²) in [7, 11) is 0. The standard InChI is InChI=1S/C14H17ClN4O/c1-14(5-6-16-9-14)17-8-12-18-13(19-20-12)10-3-2-4-11(15)7-10/h2-4,7,16-17H,5-6,8-9H2,1H3. The molecule has 20 heavy (non-hydrogen) atoms. The fourth-order valence-corrected chi connectivity index (χ4v) is 2.52. The van der Waals surface area contributed by atoms with Crippen molar-refractivity contribution in [2.24, 2.45) is 0 Å². The molecule has 1 unspecified atom stereocenters. The minimum absolute atomic E-state index is 0.102. The summed E-state index contributed by atoms with van der Waals surface area (Å²) in [5, 5.41) is 11.5. The van der Waals surface area contributed by atoms with Crippen LogP contribution >= 0.6 is 11.6 Å². The van der Waals surface area contributed by atoms with E-state index < -0.39 is 0 Å². The van der Waals surface area contributed by atoms with Crippen LogP contribution in [0.15, 0.2) is 28.8 Å². The van der Waals surface area contributed by atoms with E-state index in [2.05, 4.69) is 27.7 Å². The summed E-state index contributed by atoms with van der Waals surface area (Å²) in [6.45, 7) is 4.77. The molecule has 0 spiro atoms. The zero-order valence-electron chi connectivity index (χ0n) is 11.3. The van der Waals surface area contributed by atoms with Crippen LogP contribution in [0, 0.1) is 0 Å². The van der Waals surface area contributed by atoms with Gasteiger partial charge in [0, 0.05) is 22.7 Å². The average Bonchev–Trinajstić information content (AvgIpc) is 3.06. The Labute approximate surface area is 122 Å². The zero-order chi connectivity index (χ0) is 14.0. The topological polar surface area (TPSA) is 63.0 Å². The van der Waals surface area contributed by atoms with Gasteiger partial charge in [-0.15, -0.1) is 0 Å². The third kappa shape index (κ3) is 3.00. The van der Waals surface area contributed by atoms with Gasteiger partial charge in [0.05, 0.1) is 6.54 Å². The molecule has 1 aromatic heterocycles. The Hall–Kier alpha value is -1.43. The van der Waals surface area contributed by atoms with Gasteiger partial charge >= 0.3 is 0 Å². The summed E-state index contributed by atoms with van der Waals surface area (Å²) < 4.78 is 5.28. The van der Waals surface area contributed by atoms with Crippen molar-refractivity contribution in [3.8, 4) is 11.4 Å². The maximum absolute atomic E-state index is 5.96. The number of halogens is 1. The number of aromatic nitrogens is 2. The van der Waals surface area contributed by atoms with E-state index in [4.69, 9.17) is 16.1 Å². The molecule has 0 amide bonds. The molecule has 1 aliphatic rings. The van der Waals surface area contributed by atoms with Crippen LogP contribution in [0.3, 0.4) is 0 Å². The van der Waals surface area contributed by atoms with E-state index in [-0.39, 0.29) is 5.54 Å². The van der Waals surface area contributed by atoms with Crippen LogP contribution in [0.1, 0.15) is 19.2 Å². The molecule has 3 rings (SSSR count). The van der Waals surface area contributed by atoms with Crippen molar-refractivity contribution < 1.29 is 4.52 Å². The minimum atomic E-state index is 0.102. The molecule has 1 saturated heterocycles. The average molecular weight is 293 g/mol. The molecular weight excluding hydrogens is 276 g/mol. The fraction of sp³-hybridized carbons (Fsp3) is 0.429. The van der Waals surface area contributed by atoms with Crippen LogP contribution in [-0.2, 0) is 6.54 Å². The van der Waals surface area contributed by atoms with Gasteiger partial charge in [-0.1, -0.05) is 28.9 Å². The first-order valence-electron chi connectivity index (χ1n) is 6.69. The second-order valence-corrected chi connectivity index (χ2v) is 5.80. The summed E-state index contributed by atoms with van der Waals surface area (Å²) in [4.78, 5) is 4.39. The molecule has 0 aliphatic carbocycles. The molecule has 2 aromatic rings. The summed E-state index contributed by atoms with van der Waals surface area (Å²) in [6.07, 6.45) is 1.10. The van der Waals surface area contributed by atoms with Crippen LogP contribution in [0.5, 0.6) is 0 Å². The maximum Gasteiger partial charge on any atom is 0.240 e. The Morgan fingerprint density at radius 3 is 3.15 bits per heavy atom. The monoisotopic (exact) mass is 292 g/mol. The molecule has 0 radical (unpaired) electrons. The van der Waals surface area contributed by atoms with Crippen LogP contribution in [0.25, 0.3) is 11.4 Å². The van der Waals surface area contributed by atoms with Gasteiger partial charge in [0.2, 0.25) is 11.7 Å². The van der Waals surface area contributed by atoms with Gasteiger partial charge < -0.3 is 15.2 Å². The van der Waals surface area contributed by atoms with Crippen molar-refractivity contribution >= 4 is 11.6 Å². The number of rotatable bonds is 4. The van der Waals surface area contributed by atoms with Crippen molar-refractivity contribution in [3.05, 3.63) is 35.2 Å². The molecule has 1 aromatic carbocycles. The first kappa shape index (κ1) is 13.5. The maximum atomic E-state index is 5.96. The number of benzene rings is 1. The molecule has 6 heteroatoms. The SMILES string of the molecule is CC1(NCc2nc(-c3cccc(Cl)c3)no2)CCNC1. The van der Waals surface area contributed by atoms with E-state index in [0.717, 1.165) is 25.1 Å². The van der Waals surface area contributed by atoms with E-state index in [1.54, 1.807) is 0 Å². The van der Waals surface area contributed by atoms with Crippen molar-refractivity contribution in [3.63, 3.8) is 0 Å². The molecule has 5 nitrogen and oxygen atoms in total. The van der Waals surface area contributed by atoms with Gasteiger partial charge in [0.15, 0.2) is 0 Å². The van der Waals surface area contributed by atoms with Gasteiger partial charge in [0.1, 0.15) is 0 Å². The van der Waals surface area contributed by atoms with Gasteiger partial charge in [-0.2, -0.15) is 4.98 Å². The lowest BCUT2D eigenvalue weighted by Crippen LogP contribution is -2.43. The predicted molar refractivity (Wildman–Crippen MR) is 77.5 cm³/mol. The van der Waals surface area contributed by atoms with Crippen molar-refractivity contribution in [2.75, 3.05) is 13.1 Å². The Kier molecular flexibility index (Phi) is 3.74. The van der Waals surface area contributed by atoms with Crippen LogP contribution < -0.4 is 10.6 Å². The van der Waals surface area contributed by atoms with E-state index in [1.165, 1.54) is 0 Å². The van der Waals surface area contributed by atoms with E-state index >= 15 is 0 Å². The lowest BCUT2D eigenvalue weighted by atomic mass is 10.0. The number of hydrogen-bond acceptors (Lipinski definition) is 5. The van der Waals surface area contributed by atoms with Gasteiger partial charge in [-0.3, -0.25) is 0 Å². The lowest BCUT2D eigenvalue weighted by Gasteiger charge is -2.23. The number of nitrogens with zero attached hydrogens (tertiary/aromatic N) is 2. The molecule has 106 valence electrons. The molecule has 0 saturated carbocycles. The Balaban J connectivity index is 1.68. The largest absolute Gasteiger partial charge is 0.338 e. The quantitative estimate of drug-likeness (QED) is 0.905. The second kappa shape index (κ2) is 5.52. The van der Waals surface area contributed by atoms with E-state index in [9.17, 15) is 0 Å². The fourth-order valence-electron chi connectivity index (χ4n) is 2.33. The molecule has 2 heterocycles. The molecule has 1 fully saturated rings. The lowest BCUT2D eigenvalue weighted by molar-refractivity contribution is 0.323. The minimum Gasteiger partial charge on any atom is -0.338 e. The summed E-state index contributed by atoms with van der Waals surface area (Å²) in [6, 6.07) is 7.43. The summed E-state index contributed by atoms with van der Waals surface area (Å²) in [5.74, 6) is 1.16. The van der Waals surface area contributed by atoms with Crippen molar-refractivity contribution in [1.82, 2.24) is 20.8 Å². The second-order valence-electron chi connectivity index (χ2n) is 5.36. The van der Waals surface area contributed by atoms with Gasteiger partial charge in [-0.25, -0.2) is 0 Å². The first-order chi connectivity index (χ1) is 9.65. The van der Waals surface area contributed by atoms with Gasteiger partial charge in [-0.05, 0) is 32.0 Å². The molecule has 1 aliphatic heterocycles. The zero-order valence-corrected chi connectivity index (χ0v) is 12.1. The van der Waals surface area contributed by atoms with Crippen LogP contribution in [-0.4, -0.2) is 28.8 Å².